The average Bonchev–Trinajstić information content (AvgIpc) is 3.01. The third-order valence-electron chi connectivity index (χ3n) is 3.69. The quantitative estimate of drug-likeness (QED) is 0.778. The molecule has 0 saturated heterocycles. The van der Waals surface area contributed by atoms with E-state index in [2.05, 4.69) is 37.7 Å². The fraction of sp³-hybridized carbons (Fsp3) is 0.429. The van der Waals surface area contributed by atoms with E-state index < -0.39 is 0 Å². The fourth-order valence-electron chi connectivity index (χ4n) is 2.03. The monoisotopic (exact) mass is 286 g/mol. The van der Waals surface area contributed by atoms with Crippen molar-refractivity contribution in [1.82, 2.24) is 25.5 Å². The molecule has 2 aromatic heterocycles. The summed E-state index contributed by atoms with van der Waals surface area (Å²) in [5, 5.41) is 12.1. The van der Waals surface area contributed by atoms with Crippen LogP contribution in [0.15, 0.2) is 24.7 Å². The van der Waals surface area contributed by atoms with E-state index in [1.54, 1.807) is 18.5 Å². The largest absolute Gasteiger partial charge is 0.337 e. The summed E-state index contributed by atoms with van der Waals surface area (Å²) in [6, 6.07) is 1.44. The number of nitrogens with zero attached hydrogens (tertiary/aromatic N) is 3. The molecule has 0 aromatic carbocycles. The van der Waals surface area contributed by atoms with Crippen molar-refractivity contribution >= 4 is 11.8 Å². The molecule has 7 nitrogen and oxygen atoms in total. The second-order valence-electron chi connectivity index (χ2n) is 5.56. The first-order chi connectivity index (χ1) is 10.2. The minimum Gasteiger partial charge on any atom is -0.337 e. The molecule has 2 heterocycles. The van der Waals surface area contributed by atoms with Gasteiger partial charge in [0.2, 0.25) is 0 Å². The van der Waals surface area contributed by atoms with Crippen molar-refractivity contribution in [2.45, 2.75) is 31.6 Å². The van der Waals surface area contributed by atoms with Gasteiger partial charge in [0.1, 0.15) is 11.6 Å². The molecule has 2 aromatic rings. The van der Waals surface area contributed by atoms with E-state index in [0.29, 0.717) is 12.4 Å². The van der Waals surface area contributed by atoms with Crippen LogP contribution in [0.2, 0.25) is 0 Å². The van der Waals surface area contributed by atoms with Crippen LogP contribution in [0.25, 0.3) is 0 Å². The highest BCUT2D eigenvalue weighted by atomic mass is 16.2. The molecule has 3 N–H and O–H groups in total. The zero-order valence-corrected chi connectivity index (χ0v) is 11.9. The van der Waals surface area contributed by atoms with Crippen LogP contribution < -0.4 is 10.6 Å². The van der Waals surface area contributed by atoms with Gasteiger partial charge < -0.3 is 5.32 Å². The number of nitrogens with one attached hydrogen (secondary N) is 3. The second-order valence-corrected chi connectivity index (χ2v) is 5.56. The molecule has 0 spiro atoms. The van der Waals surface area contributed by atoms with Gasteiger partial charge in [0.15, 0.2) is 0 Å². The summed E-state index contributed by atoms with van der Waals surface area (Å²) in [6.07, 6.45) is 8.18. The Labute approximate surface area is 122 Å². The Morgan fingerprint density at radius 2 is 2.33 bits per heavy atom. The number of aromatic amines is 1. The normalized spacial score (nSPS) is 15.5. The van der Waals surface area contributed by atoms with Crippen LogP contribution in [0.4, 0.5) is 10.6 Å². The first-order valence-corrected chi connectivity index (χ1v) is 7.02. The molecule has 0 bridgehead atoms. The van der Waals surface area contributed by atoms with Crippen LogP contribution in [-0.4, -0.2) is 32.7 Å². The zero-order valence-electron chi connectivity index (χ0n) is 11.9. The maximum atomic E-state index is 11.8. The van der Waals surface area contributed by atoms with Crippen LogP contribution in [-0.2, 0) is 11.8 Å². The third kappa shape index (κ3) is 3.36. The lowest BCUT2D eigenvalue weighted by atomic mass is 10.1. The van der Waals surface area contributed by atoms with E-state index in [0.717, 1.165) is 30.7 Å². The molecule has 7 heteroatoms. The Hall–Kier alpha value is -2.44. The Morgan fingerprint density at radius 3 is 3.05 bits per heavy atom. The van der Waals surface area contributed by atoms with Gasteiger partial charge in [0, 0.05) is 24.4 Å². The molecule has 1 fully saturated rings. The highest BCUT2D eigenvalue weighted by Gasteiger charge is 2.42. The van der Waals surface area contributed by atoms with Crippen LogP contribution in [0.3, 0.4) is 0 Å². The van der Waals surface area contributed by atoms with Crippen molar-refractivity contribution in [3.63, 3.8) is 0 Å². The SMILES string of the molecule is CC1(c2nccc(NC(=O)NCCc3cn[nH]c3)n2)CC1. The molecule has 3 rings (SSSR count). The second kappa shape index (κ2) is 5.51. The van der Waals surface area contributed by atoms with Gasteiger partial charge in [-0.2, -0.15) is 5.10 Å². The number of rotatable bonds is 5. The topological polar surface area (TPSA) is 95.6 Å². The van der Waals surface area contributed by atoms with Crippen molar-refractivity contribution in [3.8, 4) is 0 Å². The molecule has 0 unspecified atom stereocenters. The average molecular weight is 286 g/mol. The van der Waals surface area contributed by atoms with Crippen molar-refractivity contribution in [3.05, 3.63) is 36.0 Å². The summed E-state index contributed by atoms with van der Waals surface area (Å²) in [7, 11) is 0. The molecule has 0 radical (unpaired) electrons. The Kier molecular flexibility index (Phi) is 3.55. The lowest BCUT2D eigenvalue weighted by Gasteiger charge is -2.10. The molecular weight excluding hydrogens is 268 g/mol. The van der Waals surface area contributed by atoms with Gasteiger partial charge in [-0.05, 0) is 30.9 Å². The summed E-state index contributed by atoms with van der Waals surface area (Å²) >= 11 is 0. The van der Waals surface area contributed by atoms with Crippen molar-refractivity contribution in [1.29, 1.82) is 0 Å². The molecule has 21 heavy (non-hydrogen) atoms. The van der Waals surface area contributed by atoms with Crippen LogP contribution >= 0.6 is 0 Å². The Morgan fingerprint density at radius 1 is 1.48 bits per heavy atom. The van der Waals surface area contributed by atoms with E-state index in [1.165, 1.54) is 0 Å². The molecule has 2 amide bonds. The van der Waals surface area contributed by atoms with Gasteiger partial charge in [-0.15, -0.1) is 0 Å². The molecule has 110 valence electrons. The predicted molar refractivity (Wildman–Crippen MR) is 77.9 cm³/mol. The van der Waals surface area contributed by atoms with Gasteiger partial charge in [0.25, 0.3) is 0 Å². The van der Waals surface area contributed by atoms with Gasteiger partial charge in [0.05, 0.1) is 6.20 Å². The molecule has 0 atom stereocenters. The van der Waals surface area contributed by atoms with Crippen LogP contribution in [0.1, 0.15) is 31.2 Å². The van der Waals surface area contributed by atoms with Gasteiger partial charge >= 0.3 is 6.03 Å². The van der Waals surface area contributed by atoms with Crippen molar-refractivity contribution < 1.29 is 4.79 Å². The lowest BCUT2D eigenvalue weighted by molar-refractivity contribution is 0.252. The Balaban J connectivity index is 1.50. The lowest BCUT2D eigenvalue weighted by Crippen LogP contribution is -2.31. The number of hydrogen-bond donors (Lipinski definition) is 3. The Bertz CT molecular complexity index is 620. The standard InChI is InChI=1S/C14H18N6O/c1-14(4-5-14)12-15-7-3-11(19-12)20-13(21)16-6-2-10-8-17-18-9-10/h3,7-9H,2,4-6H2,1H3,(H,17,18)(H2,15,16,19,20,21). The number of H-pyrrole nitrogens is 1. The number of aromatic nitrogens is 4. The summed E-state index contributed by atoms with van der Waals surface area (Å²) in [5.74, 6) is 1.34. The highest BCUT2D eigenvalue weighted by Crippen LogP contribution is 2.45. The number of carbonyl (C=O) groups is 1. The van der Waals surface area contributed by atoms with E-state index in [1.807, 2.05) is 6.20 Å². The van der Waals surface area contributed by atoms with E-state index in [9.17, 15) is 4.79 Å². The summed E-state index contributed by atoms with van der Waals surface area (Å²) in [4.78, 5) is 20.5. The maximum absolute atomic E-state index is 11.8. The number of amides is 2. The van der Waals surface area contributed by atoms with E-state index in [-0.39, 0.29) is 11.4 Å². The third-order valence-corrected chi connectivity index (χ3v) is 3.69. The molecule has 1 aliphatic carbocycles. The summed E-state index contributed by atoms with van der Waals surface area (Å²) in [6.45, 7) is 2.68. The van der Waals surface area contributed by atoms with E-state index in [4.69, 9.17) is 0 Å². The van der Waals surface area contributed by atoms with Crippen LogP contribution in [0.5, 0.6) is 0 Å². The van der Waals surface area contributed by atoms with Crippen LogP contribution in [0, 0.1) is 0 Å². The zero-order chi connectivity index (χ0) is 14.7. The molecule has 1 aliphatic rings. The summed E-state index contributed by atoms with van der Waals surface area (Å²) in [5.41, 5.74) is 1.15. The van der Waals surface area contributed by atoms with Gasteiger partial charge in [-0.3, -0.25) is 10.4 Å². The maximum Gasteiger partial charge on any atom is 0.320 e. The molecule has 0 aliphatic heterocycles. The smallest absolute Gasteiger partial charge is 0.320 e. The molecular formula is C14H18N6O. The summed E-state index contributed by atoms with van der Waals surface area (Å²) < 4.78 is 0. The number of hydrogen-bond acceptors (Lipinski definition) is 4. The van der Waals surface area contributed by atoms with Gasteiger partial charge in [-0.1, -0.05) is 6.92 Å². The molecule has 1 saturated carbocycles. The van der Waals surface area contributed by atoms with Crippen molar-refractivity contribution in [2.75, 3.05) is 11.9 Å². The van der Waals surface area contributed by atoms with Crippen molar-refractivity contribution in [2.24, 2.45) is 0 Å². The van der Waals surface area contributed by atoms with E-state index >= 15 is 0 Å². The fourth-order valence-corrected chi connectivity index (χ4v) is 2.03. The minimum absolute atomic E-state index is 0.0927. The van der Waals surface area contributed by atoms with Gasteiger partial charge in [-0.25, -0.2) is 14.8 Å². The minimum atomic E-state index is -0.260. The first-order valence-electron chi connectivity index (χ1n) is 7.02. The number of urea groups is 1. The first kappa shape index (κ1) is 13.5. The predicted octanol–water partition coefficient (Wildman–Crippen LogP) is 1.62. The number of carbonyl (C=O) groups excluding carboxylic acids is 1. The number of anilines is 1. The highest BCUT2D eigenvalue weighted by molar-refractivity contribution is 5.88.